The highest BCUT2D eigenvalue weighted by molar-refractivity contribution is 6.15. The summed E-state index contributed by atoms with van der Waals surface area (Å²) in [5.74, 6) is 1.96. The van der Waals surface area contributed by atoms with Crippen LogP contribution in [0.5, 0.6) is 23.0 Å². The summed E-state index contributed by atoms with van der Waals surface area (Å²) < 4.78 is 16.6. The van der Waals surface area contributed by atoms with Gasteiger partial charge >= 0.3 is 0 Å². The largest absolute Gasteiger partial charge is 0.507 e. The molecule has 2 aromatic carbocycles. The van der Waals surface area contributed by atoms with Gasteiger partial charge in [-0.25, -0.2) is 0 Å². The molecule has 146 valence electrons. The minimum absolute atomic E-state index is 0.138. The maximum Gasteiger partial charge on any atom is 0.231 e. The third kappa shape index (κ3) is 3.43. The summed E-state index contributed by atoms with van der Waals surface area (Å²) in [4.78, 5) is 14.9. The number of ether oxygens (including phenoxy) is 3. The number of ketones is 1. The summed E-state index contributed by atoms with van der Waals surface area (Å²) in [6, 6.07) is 8.64. The minimum atomic E-state index is -0.190. The predicted molar refractivity (Wildman–Crippen MR) is 105 cm³/mol. The first-order chi connectivity index (χ1) is 13.6. The lowest BCUT2D eigenvalue weighted by Crippen LogP contribution is -2.19. The lowest BCUT2D eigenvalue weighted by Gasteiger charge is -2.18. The number of carbonyl (C=O) groups is 1. The van der Waals surface area contributed by atoms with E-state index in [0.717, 1.165) is 24.9 Å². The number of fused-ring (bicyclic) bond motifs is 2. The second-order valence-corrected chi connectivity index (χ2v) is 7.08. The molecular weight excluding hydrogens is 358 g/mol. The molecule has 0 saturated heterocycles. The molecular formula is C22H23NO5. The number of benzene rings is 2. The topological polar surface area (TPSA) is 68.2 Å². The van der Waals surface area contributed by atoms with E-state index in [0.29, 0.717) is 34.9 Å². The van der Waals surface area contributed by atoms with Crippen molar-refractivity contribution in [1.82, 2.24) is 4.90 Å². The first-order valence-electron chi connectivity index (χ1n) is 9.44. The molecule has 1 N–H and O–H groups in total. The van der Waals surface area contributed by atoms with E-state index in [2.05, 4.69) is 11.8 Å². The fraction of sp³-hybridized carbons (Fsp3) is 0.318. The normalized spacial score (nSPS) is 16.0. The van der Waals surface area contributed by atoms with Crippen LogP contribution in [0.4, 0.5) is 0 Å². The molecule has 2 heterocycles. The Labute approximate surface area is 163 Å². The highest BCUT2D eigenvalue weighted by Gasteiger charge is 2.31. The molecule has 28 heavy (non-hydrogen) atoms. The van der Waals surface area contributed by atoms with Gasteiger partial charge < -0.3 is 24.2 Å². The maximum absolute atomic E-state index is 12.8. The van der Waals surface area contributed by atoms with Crippen LogP contribution in [0.1, 0.15) is 41.3 Å². The first-order valence-corrected chi connectivity index (χ1v) is 9.44. The second-order valence-electron chi connectivity index (χ2n) is 7.08. The van der Waals surface area contributed by atoms with Crippen molar-refractivity contribution in [2.24, 2.45) is 0 Å². The van der Waals surface area contributed by atoms with E-state index in [1.54, 1.807) is 24.3 Å². The molecule has 4 rings (SSSR count). The Bertz CT molecular complexity index is 950. The summed E-state index contributed by atoms with van der Waals surface area (Å²) in [6.45, 7) is 3.76. The van der Waals surface area contributed by atoms with Crippen LogP contribution in [0.3, 0.4) is 0 Å². The van der Waals surface area contributed by atoms with Crippen molar-refractivity contribution in [1.29, 1.82) is 0 Å². The van der Waals surface area contributed by atoms with Gasteiger partial charge in [-0.3, -0.25) is 4.79 Å². The molecule has 6 heteroatoms. The monoisotopic (exact) mass is 381 g/mol. The number of aromatic hydroxyl groups is 1. The number of rotatable bonds is 6. The van der Waals surface area contributed by atoms with Gasteiger partial charge in [-0.2, -0.15) is 0 Å². The number of phenols is 1. The van der Waals surface area contributed by atoms with E-state index in [4.69, 9.17) is 14.2 Å². The van der Waals surface area contributed by atoms with Gasteiger partial charge in [-0.05, 0) is 55.9 Å². The van der Waals surface area contributed by atoms with Crippen LogP contribution in [0.15, 0.2) is 36.1 Å². The van der Waals surface area contributed by atoms with Gasteiger partial charge in [0, 0.05) is 6.54 Å². The fourth-order valence-electron chi connectivity index (χ4n) is 3.38. The Kier molecular flexibility index (Phi) is 4.96. The van der Waals surface area contributed by atoms with Gasteiger partial charge in [0.05, 0.1) is 11.1 Å². The van der Waals surface area contributed by atoms with E-state index in [1.807, 2.05) is 19.2 Å². The van der Waals surface area contributed by atoms with E-state index in [1.165, 1.54) is 0 Å². The predicted octanol–water partition coefficient (Wildman–Crippen LogP) is 3.97. The summed E-state index contributed by atoms with van der Waals surface area (Å²) in [7, 11) is 1.99. The van der Waals surface area contributed by atoms with Gasteiger partial charge in [0.15, 0.2) is 17.3 Å². The highest BCUT2D eigenvalue weighted by atomic mass is 16.7. The summed E-state index contributed by atoms with van der Waals surface area (Å²) in [5, 5.41) is 10.3. The zero-order valence-corrected chi connectivity index (χ0v) is 16.0. The maximum atomic E-state index is 12.8. The molecule has 0 amide bonds. The number of hydrogen-bond acceptors (Lipinski definition) is 6. The van der Waals surface area contributed by atoms with Crippen molar-refractivity contribution in [2.75, 3.05) is 20.4 Å². The molecule has 2 aliphatic rings. The van der Waals surface area contributed by atoms with Crippen LogP contribution in [-0.2, 0) is 6.54 Å². The molecule has 0 radical (unpaired) electrons. The number of Topliss-reactive ketones (excluding diaryl/α,β-unsaturated/α-hetero) is 1. The van der Waals surface area contributed by atoms with E-state index in [9.17, 15) is 9.90 Å². The third-order valence-corrected chi connectivity index (χ3v) is 4.93. The van der Waals surface area contributed by atoms with Gasteiger partial charge in [0.25, 0.3) is 0 Å². The first kappa shape index (κ1) is 18.4. The highest BCUT2D eigenvalue weighted by Crippen LogP contribution is 2.40. The van der Waals surface area contributed by atoms with Crippen LogP contribution in [0, 0.1) is 0 Å². The second kappa shape index (κ2) is 7.56. The van der Waals surface area contributed by atoms with Gasteiger partial charge in [0.2, 0.25) is 12.6 Å². The lowest BCUT2D eigenvalue weighted by molar-refractivity contribution is 0.101. The van der Waals surface area contributed by atoms with Crippen LogP contribution >= 0.6 is 0 Å². The van der Waals surface area contributed by atoms with E-state index >= 15 is 0 Å². The average molecular weight is 381 g/mol. The van der Waals surface area contributed by atoms with Gasteiger partial charge in [-0.1, -0.05) is 19.4 Å². The molecule has 0 saturated carbocycles. The average Bonchev–Trinajstić information content (AvgIpc) is 3.27. The molecule has 0 aliphatic carbocycles. The molecule has 0 unspecified atom stereocenters. The molecule has 0 fully saturated rings. The minimum Gasteiger partial charge on any atom is -0.507 e. The van der Waals surface area contributed by atoms with Crippen LogP contribution in [0.2, 0.25) is 0 Å². The van der Waals surface area contributed by atoms with Crippen molar-refractivity contribution in [2.45, 2.75) is 26.3 Å². The van der Waals surface area contributed by atoms with Crippen molar-refractivity contribution in [3.8, 4) is 23.0 Å². The van der Waals surface area contributed by atoms with Crippen molar-refractivity contribution >= 4 is 11.9 Å². The van der Waals surface area contributed by atoms with Crippen molar-refractivity contribution in [3.05, 3.63) is 52.8 Å². The van der Waals surface area contributed by atoms with E-state index < -0.39 is 0 Å². The van der Waals surface area contributed by atoms with Crippen molar-refractivity contribution in [3.63, 3.8) is 0 Å². The van der Waals surface area contributed by atoms with Crippen LogP contribution in [-0.4, -0.2) is 36.2 Å². The molecule has 0 atom stereocenters. The van der Waals surface area contributed by atoms with Crippen molar-refractivity contribution < 1.29 is 24.1 Å². The number of nitrogens with zero attached hydrogens (tertiary/aromatic N) is 1. The Morgan fingerprint density at radius 1 is 1.18 bits per heavy atom. The summed E-state index contributed by atoms with van der Waals surface area (Å²) in [6.07, 6.45) is 3.86. The fourth-order valence-corrected chi connectivity index (χ4v) is 3.38. The lowest BCUT2D eigenvalue weighted by atomic mass is 10.0. The summed E-state index contributed by atoms with van der Waals surface area (Å²) >= 11 is 0. The summed E-state index contributed by atoms with van der Waals surface area (Å²) in [5.41, 5.74) is 1.90. The number of hydrogen-bond donors (Lipinski definition) is 1. The Balaban J connectivity index is 1.61. The molecule has 0 spiro atoms. The Hall–Kier alpha value is -2.99. The zero-order valence-electron chi connectivity index (χ0n) is 16.0. The standard InChI is InChI=1S/C22H23NO5/c1-3-4-9-23(2)12-16-17(24)7-6-15-21(25)20(28-22(15)16)11-14-5-8-18-19(10-14)27-13-26-18/h5-8,10-11,24H,3-4,9,12-13H2,1-2H3. The molecule has 2 aliphatic heterocycles. The SMILES string of the molecule is CCCCN(C)Cc1c(O)ccc2c1OC(=Cc1ccc3c(c1)OCO3)C2=O. The van der Waals surface area contributed by atoms with Gasteiger partial charge in [-0.15, -0.1) is 0 Å². The molecule has 0 aromatic heterocycles. The van der Waals surface area contributed by atoms with Crippen LogP contribution < -0.4 is 14.2 Å². The van der Waals surface area contributed by atoms with Crippen LogP contribution in [0.25, 0.3) is 6.08 Å². The van der Waals surface area contributed by atoms with Gasteiger partial charge in [0.1, 0.15) is 11.5 Å². The Morgan fingerprint density at radius 2 is 2.00 bits per heavy atom. The molecule has 6 nitrogen and oxygen atoms in total. The zero-order chi connectivity index (χ0) is 19.7. The number of allylic oxidation sites excluding steroid dienone is 1. The smallest absolute Gasteiger partial charge is 0.231 e. The molecule has 2 aromatic rings. The number of unbranched alkanes of at least 4 members (excludes halogenated alkanes) is 1. The quantitative estimate of drug-likeness (QED) is 0.764. The van der Waals surface area contributed by atoms with E-state index in [-0.39, 0.29) is 24.1 Å². The number of carbonyl (C=O) groups excluding carboxylic acids is 1. The third-order valence-electron chi connectivity index (χ3n) is 4.93. The molecule has 0 bridgehead atoms. The Morgan fingerprint density at radius 3 is 2.82 bits per heavy atom. The number of phenolic OH excluding ortho intramolecular Hbond substituents is 1.